The first-order valence-electron chi connectivity index (χ1n) is 6.60. The molecular weight excluding hydrogens is 256 g/mol. The first kappa shape index (κ1) is 14.1. The molecule has 1 amide bonds. The van der Waals surface area contributed by atoms with E-state index in [9.17, 15) is 9.59 Å². The lowest BCUT2D eigenvalue weighted by Gasteiger charge is -2.27. The third-order valence-electron chi connectivity index (χ3n) is 3.42. The molecule has 0 aromatic heterocycles. The van der Waals surface area contributed by atoms with Gasteiger partial charge in [-0.05, 0) is 24.5 Å². The number of carboxylic acid groups (broad SMARTS) is 1. The fourth-order valence-corrected chi connectivity index (χ4v) is 2.40. The van der Waals surface area contributed by atoms with Crippen molar-refractivity contribution in [3.63, 3.8) is 0 Å². The molecule has 1 aromatic carbocycles. The summed E-state index contributed by atoms with van der Waals surface area (Å²) in [6.07, 6.45) is 2.37. The number of para-hydroxylation sites is 1. The van der Waals surface area contributed by atoms with E-state index in [-0.39, 0.29) is 18.2 Å². The van der Waals surface area contributed by atoms with E-state index >= 15 is 0 Å². The number of carboxylic acids is 1. The molecule has 0 radical (unpaired) electrons. The van der Waals surface area contributed by atoms with Crippen molar-refractivity contribution in [2.45, 2.75) is 24.8 Å². The zero-order valence-electron chi connectivity index (χ0n) is 11.1. The molecule has 3 N–H and O–H groups in total. The molecule has 0 saturated carbocycles. The van der Waals surface area contributed by atoms with Gasteiger partial charge in [0.2, 0.25) is 5.91 Å². The summed E-state index contributed by atoms with van der Waals surface area (Å²) in [6, 6.07) is 6.69. The molecule has 0 spiro atoms. The number of amides is 1. The average Bonchev–Trinajstić information content (AvgIpc) is 2.46. The summed E-state index contributed by atoms with van der Waals surface area (Å²) in [5, 5.41) is 14.9. The maximum absolute atomic E-state index is 12.3. The third kappa shape index (κ3) is 2.99. The summed E-state index contributed by atoms with van der Waals surface area (Å²) in [6.45, 7) is 4.22. The van der Waals surface area contributed by atoms with Gasteiger partial charge in [-0.1, -0.05) is 24.3 Å². The smallest absolute Gasteiger partial charge is 0.326 e. The minimum atomic E-state index is -1.04. The van der Waals surface area contributed by atoms with Crippen LogP contribution in [0.25, 0.3) is 0 Å². The van der Waals surface area contributed by atoms with Gasteiger partial charge in [-0.3, -0.25) is 4.79 Å². The van der Waals surface area contributed by atoms with Crippen molar-refractivity contribution in [2.24, 2.45) is 0 Å². The second-order valence-corrected chi connectivity index (χ2v) is 4.78. The van der Waals surface area contributed by atoms with Crippen molar-refractivity contribution in [1.82, 2.24) is 5.32 Å². The molecular formula is C15H18N2O3. The molecule has 5 heteroatoms. The summed E-state index contributed by atoms with van der Waals surface area (Å²) >= 11 is 0. The average molecular weight is 274 g/mol. The van der Waals surface area contributed by atoms with Crippen LogP contribution in [0.3, 0.4) is 0 Å². The van der Waals surface area contributed by atoms with Gasteiger partial charge in [0.1, 0.15) is 6.04 Å². The fraction of sp³-hybridized carbons (Fsp3) is 0.333. The van der Waals surface area contributed by atoms with Crippen LogP contribution in [-0.4, -0.2) is 29.6 Å². The highest BCUT2D eigenvalue weighted by Crippen LogP contribution is 2.31. The Morgan fingerprint density at radius 2 is 2.25 bits per heavy atom. The molecule has 2 rings (SSSR count). The van der Waals surface area contributed by atoms with Gasteiger partial charge in [0.15, 0.2) is 0 Å². The number of benzene rings is 1. The maximum Gasteiger partial charge on any atom is 0.326 e. The van der Waals surface area contributed by atoms with Gasteiger partial charge in [-0.2, -0.15) is 0 Å². The van der Waals surface area contributed by atoms with Crippen LogP contribution in [0.1, 0.15) is 24.3 Å². The van der Waals surface area contributed by atoms with E-state index in [0.717, 1.165) is 11.3 Å². The summed E-state index contributed by atoms with van der Waals surface area (Å²) in [7, 11) is 0. The number of nitrogens with one attached hydrogen (secondary N) is 2. The quantitative estimate of drug-likeness (QED) is 0.715. The van der Waals surface area contributed by atoms with Crippen LogP contribution in [0, 0.1) is 0 Å². The second kappa shape index (κ2) is 6.23. The minimum absolute atomic E-state index is 0.216. The molecule has 1 aliphatic heterocycles. The lowest BCUT2D eigenvalue weighted by atomic mass is 9.90. The Balaban J connectivity index is 2.14. The van der Waals surface area contributed by atoms with Crippen LogP contribution in [0.5, 0.6) is 0 Å². The highest BCUT2D eigenvalue weighted by atomic mass is 16.4. The van der Waals surface area contributed by atoms with E-state index in [0.29, 0.717) is 13.0 Å². The van der Waals surface area contributed by atoms with Gasteiger partial charge >= 0.3 is 5.97 Å². The van der Waals surface area contributed by atoms with Gasteiger partial charge in [0, 0.05) is 12.2 Å². The number of carbonyl (C=O) groups is 2. The Hall–Kier alpha value is -2.30. The van der Waals surface area contributed by atoms with Crippen LogP contribution in [0.4, 0.5) is 5.69 Å². The first-order chi connectivity index (χ1) is 9.63. The van der Waals surface area contributed by atoms with Crippen molar-refractivity contribution in [3.05, 3.63) is 42.5 Å². The number of fused-ring (bicyclic) bond motifs is 1. The largest absolute Gasteiger partial charge is 0.480 e. The van der Waals surface area contributed by atoms with Gasteiger partial charge in [0.25, 0.3) is 0 Å². The zero-order chi connectivity index (χ0) is 14.5. The van der Waals surface area contributed by atoms with E-state index in [1.807, 2.05) is 24.3 Å². The van der Waals surface area contributed by atoms with E-state index in [1.54, 1.807) is 0 Å². The van der Waals surface area contributed by atoms with Crippen molar-refractivity contribution in [3.8, 4) is 0 Å². The summed E-state index contributed by atoms with van der Waals surface area (Å²) in [5.41, 5.74) is 1.86. The maximum atomic E-state index is 12.3. The van der Waals surface area contributed by atoms with Crippen molar-refractivity contribution in [2.75, 3.05) is 11.9 Å². The lowest BCUT2D eigenvalue weighted by Crippen LogP contribution is -2.43. The van der Waals surface area contributed by atoms with E-state index in [1.165, 1.54) is 6.08 Å². The Kier molecular flexibility index (Phi) is 4.40. The molecule has 1 aromatic rings. The lowest BCUT2D eigenvalue weighted by molar-refractivity contribution is -0.142. The van der Waals surface area contributed by atoms with Crippen LogP contribution < -0.4 is 10.6 Å². The molecule has 1 aliphatic rings. The van der Waals surface area contributed by atoms with Crippen LogP contribution in [0.15, 0.2) is 36.9 Å². The van der Waals surface area contributed by atoms with Gasteiger partial charge in [-0.25, -0.2) is 4.79 Å². The molecule has 2 atom stereocenters. The Bertz CT molecular complexity index is 528. The number of carbonyl (C=O) groups excluding carboxylic acids is 1. The van der Waals surface area contributed by atoms with Crippen LogP contribution >= 0.6 is 0 Å². The number of rotatable bonds is 5. The molecule has 5 nitrogen and oxygen atoms in total. The molecule has 20 heavy (non-hydrogen) atoms. The number of anilines is 1. The van der Waals surface area contributed by atoms with Gasteiger partial charge in [0.05, 0.1) is 5.92 Å². The Morgan fingerprint density at radius 3 is 2.95 bits per heavy atom. The highest BCUT2D eigenvalue weighted by Gasteiger charge is 2.29. The van der Waals surface area contributed by atoms with E-state index in [4.69, 9.17) is 5.11 Å². The molecule has 2 unspecified atom stereocenters. The minimum Gasteiger partial charge on any atom is -0.480 e. The molecule has 0 fully saturated rings. The predicted molar refractivity (Wildman–Crippen MR) is 76.7 cm³/mol. The molecule has 0 bridgehead atoms. The topological polar surface area (TPSA) is 78.4 Å². The van der Waals surface area contributed by atoms with Gasteiger partial charge < -0.3 is 15.7 Å². The number of aliphatic carboxylic acids is 1. The molecule has 0 saturated heterocycles. The van der Waals surface area contributed by atoms with Crippen molar-refractivity contribution in [1.29, 1.82) is 0 Å². The number of hydrogen-bond donors (Lipinski definition) is 3. The normalized spacial score (nSPS) is 18.3. The first-order valence-corrected chi connectivity index (χ1v) is 6.60. The molecule has 106 valence electrons. The molecule has 1 heterocycles. The summed E-state index contributed by atoms with van der Waals surface area (Å²) < 4.78 is 0. The SMILES string of the molecule is C=CCC(NC(=O)C1CCNc2ccccc21)C(=O)O. The van der Waals surface area contributed by atoms with Crippen LogP contribution in [0.2, 0.25) is 0 Å². The Morgan fingerprint density at radius 1 is 1.50 bits per heavy atom. The fourth-order valence-electron chi connectivity index (χ4n) is 2.40. The van der Waals surface area contributed by atoms with Crippen LogP contribution in [-0.2, 0) is 9.59 Å². The number of hydrogen-bond acceptors (Lipinski definition) is 3. The summed E-state index contributed by atoms with van der Waals surface area (Å²) in [5.74, 6) is -1.59. The Labute approximate surface area is 117 Å². The third-order valence-corrected chi connectivity index (χ3v) is 3.42. The monoisotopic (exact) mass is 274 g/mol. The van der Waals surface area contributed by atoms with Gasteiger partial charge in [-0.15, -0.1) is 6.58 Å². The predicted octanol–water partition coefficient (Wildman–Crippen LogP) is 1.73. The second-order valence-electron chi connectivity index (χ2n) is 4.78. The molecule has 0 aliphatic carbocycles. The highest BCUT2D eigenvalue weighted by molar-refractivity contribution is 5.89. The van der Waals surface area contributed by atoms with E-state index < -0.39 is 12.0 Å². The summed E-state index contributed by atoms with van der Waals surface area (Å²) in [4.78, 5) is 23.4. The zero-order valence-corrected chi connectivity index (χ0v) is 11.1. The van der Waals surface area contributed by atoms with Crippen molar-refractivity contribution >= 4 is 17.6 Å². The van der Waals surface area contributed by atoms with E-state index in [2.05, 4.69) is 17.2 Å². The van der Waals surface area contributed by atoms with Crippen molar-refractivity contribution < 1.29 is 14.7 Å². The standard InChI is InChI=1S/C15H18N2O3/c1-2-5-13(15(19)20)17-14(18)11-8-9-16-12-7-4-3-6-10(11)12/h2-4,6-7,11,13,16H,1,5,8-9H2,(H,17,18)(H,19,20).